The van der Waals surface area contributed by atoms with E-state index in [2.05, 4.69) is 14.7 Å². The summed E-state index contributed by atoms with van der Waals surface area (Å²) in [6, 6.07) is 1.54. The summed E-state index contributed by atoms with van der Waals surface area (Å²) in [6.07, 6.45) is 1.50. The number of rotatable bonds is 2. The molecular weight excluding hydrogens is 238 g/mol. The first kappa shape index (κ1) is 12.0. The number of aromatic nitrogens is 3. The Labute approximate surface area is 101 Å². The van der Waals surface area contributed by atoms with Crippen molar-refractivity contribution in [2.45, 2.75) is 13.5 Å². The second kappa shape index (κ2) is 4.44. The van der Waals surface area contributed by atoms with Crippen molar-refractivity contribution in [3.8, 4) is 0 Å². The van der Waals surface area contributed by atoms with Crippen LogP contribution in [0.25, 0.3) is 10.9 Å². The normalized spacial score (nSPS) is 10.6. The van der Waals surface area contributed by atoms with Crippen LogP contribution in [0.15, 0.2) is 21.9 Å². The van der Waals surface area contributed by atoms with Crippen molar-refractivity contribution in [1.29, 1.82) is 0 Å². The summed E-state index contributed by atoms with van der Waals surface area (Å²) < 4.78 is 5.23. The highest BCUT2D eigenvalue weighted by atomic mass is 16.5. The molecule has 0 spiro atoms. The van der Waals surface area contributed by atoms with E-state index in [1.165, 1.54) is 19.4 Å². The van der Waals surface area contributed by atoms with E-state index in [0.717, 1.165) is 4.57 Å². The lowest BCUT2D eigenvalue weighted by Gasteiger charge is -2.06. The summed E-state index contributed by atoms with van der Waals surface area (Å²) in [7, 11) is 1.19. The van der Waals surface area contributed by atoms with E-state index in [9.17, 15) is 14.4 Å². The first-order valence-electron chi connectivity index (χ1n) is 5.20. The molecule has 0 atom stereocenters. The zero-order chi connectivity index (χ0) is 13.3. The third kappa shape index (κ3) is 1.90. The Balaban J connectivity index is 2.76. The molecule has 0 saturated carbocycles. The van der Waals surface area contributed by atoms with Crippen molar-refractivity contribution in [1.82, 2.24) is 14.5 Å². The molecule has 0 aliphatic carbocycles. The molecule has 7 heteroatoms. The third-order valence-electron chi connectivity index (χ3n) is 2.60. The lowest BCUT2D eigenvalue weighted by atomic mass is 10.2. The SMILES string of the molecule is COC(=O)Cn1c(=O)[nH]c2ccnc(C)c2c1=O. The fraction of sp³-hybridized carbons (Fsp3) is 0.273. The fourth-order valence-corrected chi connectivity index (χ4v) is 1.69. The number of H-pyrrole nitrogens is 1. The average molecular weight is 249 g/mol. The predicted octanol–water partition coefficient (Wildman–Crippen LogP) is -0.434. The molecule has 2 aromatic rings. The number of carbonyl (C=O) groups is 1. The Morgan fingerprint density at radius 1 is 1.50 bits per heavy atom. The van der Waals surface area contributed by atoms with Crippen molar-refractivity contribution in [3.63, 3.8) is 0 Å². The molecule has 0 radical (unpaired) electrons. The first-order valence-corrected chi connectivity index (χ1v) is 5.20. The predicted molar refractivity (Wildman–Crippen MR) is 63.4 cm³/mol. The van der Waals surface area contributed by atoms with Gasteiger partial charge in [-0.2, -0.15) is 0 Å². The summed E-state index contributed by atoms with van der Waals surface area (Å²) in [5, 5.41) is 0.293. The van der Waals surface area contributed by atoms with Crippen LogP contribution < -0.4 is 11.2 Å². The maximum Gasteiger partial charge on any atom is 0.329 e. The Morgan fingerprint density at radius 2 is 2.22 bits per heavy atom. The fourth-order valence-electron chi connectivity index (χ4n) is 1.69. The van der Waals surface area contributed by atoms with Gasteiger partial charge in [0.05, 0.1) is 23.7 Å². The van der Waals surface area contributed by atoms with Gasteiger partial charge in [0.1, 0.15) is 6.54 Å². The van der Waals surface area contributed by atoms with Crippen LogP contribution in [-0.4, -0.2) is 27.6 Å². The Kier molecular flexibility index (Phi) is 2.97. The van der Waals surface area contributed by atoms with E-state index in [-0.39, 0.29) is 0 Å². The lowest BCUT2D eigenvalue weighted by Crippen LogP contribution is -2.37. The third-order valence-corrected chi connectivity index (χ3v) is 2.60. The molecule has 0 aromatic carbocycles. The number of ether oxygens (including phenoxy) is 1. The number of hydrogen-bond acceptors (Lipinski definition) is 5. The quantitative estimate of drug-likeness (QED) is 0.728. The van der Waals surface area contributed by atoms with Gasteiger partial charge in [-0.1, -0.05) is 0 Å². The van der Waals surface area contributed by atoms with E-state index in [1.54, 1.807) is 6.92 Å². The molecule has 0 unspecified atom stereocenters. The standard InChI is InChI=1S/C11H11N3O4/c1-6-9-7(3-4-12-6)13-11(17)14(10(9)16)5-8(15)18-2/h3-4H,5H2,1-2H3,(H,13,17). The number of hydrogen-bond donors (Lipinski definition) is 1. The van der Waals surface area contributed by atoms with Crippen LogP contribution >= 0.6 is 0 Å². The number of esters is 1. The number of fused-ring (bicyclic) bond motifs is 1. The van der Waals surface area contributed by atoms with Gasteiger partial charge in [-0.3, -0.25) is 14.6 Å². The van der Waals surface area contributed by atoms with E-state index < -0.39 is 23.8 Å². The maximum atomic E-state index is 12.1. The minimum atomic E-state index is -0.663. The summed E-state index contributed by atoms with van der Waals surface area (Å²) in [6.45, 7) is 1.24. The number of nitrogens with zero attached hydrogens (tertiary/aromatic N) is 2. The Hall–Kier alpha value is -2.44. The lowest BCUT2D eigenvalue weighted by molar-refractivity contribution is -0.141. The monoisotopic (exact) mass is 249 g/mol. The number of nitrogens with one attached hydrogen (secondary N) is 1. The topological polar surface area (TPSA) is 94.1 Å². The summed E-state index contributed by atoms with van der Waals surface area (Å²) >= 11 is 0. The van der Waals surface area contributed by atoms with E-state index in [1.807, 2.05) is 0 Å². The number of aryl methyl sites for hydroxylation is 1. The molecule has 7 nitrogen and oxygen atoms in total. The minimum Gasteiger partial charge on any atom is -0.468 e. The second-order valence-corrected chi connectivity index (χ2v) is 3.72. The van der Waals surface area contributed by atoms with Crippen LogP contribution in [0.1, 0.15) is 5.69 Å². The molecule has 18 heavy (non-hydrogen) atoms. The van der Waals surface area contributed by atoms with Crippen LogP contribution in [0.5, 0.6) is 0 Å². The largest absolute Gasteiger partial charge is 0.468 e. The molecule has 2 heterocycles. The number of aromatic amines is 1. The van der Waals surface area contributed by atoms with Gasteiger partial charge in [-0.15, -0.1) is 0 Å². The van der Waals surface area contributed by atoms with Crippen LogP contribution in [-0.2, 0) is 16.1 Å². The van der Waals surface area contributed by atoms with Crippen molar-refractivity contribution in [3.05, 3.63) is 38.8 Å². The second-order valence-electron chi connectivity index (χ2n) is 3.72. The number of carbonyl (C=O) groups excluding carboxylic acids is 1. The van der Waals surface area contributed by atoms with Crippen molar-refractivity contribution in [2.24, 2.45) is 0 Å². The Morgan fingerprint density at radius 3 is 2.89 bits per heavy atom. The van der Waals surface area contributed by atoms with Crippen LogP contribution in [0.4, 0.5) is 0 Å². The molecular formula is C11H11N3O4. The molecule has 0 fully saturated rings. The van der Waals surface area contributed by atoms with Gasteiger partial charge in [-0.05, 0) is 13.0 Å². The molecule has 0 amide bonds. The highest BCUT2D eigenvalue weighted by Gasteiger charge is 2.12. The van der Waals surface area contributed by atoms with Gasteiger partial charge in [0, 0.05) is 6.20 Å². The van der Waals surface area contributed by atoms with Crippen molar-refractivity contribution < 1.29 is 9.53 Å². The molecule has 0 bridgehead atoms. The highest BCUT2D eigenvalue weighted by Crippen LogP contribution is 2.06. The first-order chi connectivity index (χ1) is 8.54. The number of pyridine rings is 1. The van der Waals surface area contributed by atoms with Gasteiger partial charge in [0.25, 0.3) is 5.56 Å². The van der Waals surface area contributed by atoms with Crippen molar-refractivity contribution >= 4 is 16.9 Å². The van der Waals surface area contributed by atoms with E-state index >= 15 is 0 Å². The molecule has 94 valence electrons. The Bertz CT molecular complexity index is 729. The smallest absolute Gasteiger partial charge is 0.329 e. The van der Waals surface area contributed by atoms with Crippen LogP contribution in [0, 0.1) is 6.92 Å². The maximum absolute atomic E-state index is 12.1. The van der Waals surface area contributed by atoms with Gasteiger partial charge >= 0.3 is 11.7 Å². The zero-order valence-electron chi connectivity index (χ0n) is 9.89. The molecule has 2 aromatic heterocycles. The average Bonchev–Trinajstić information content (AvgIpc) is 2.33. The van der Waals surface area contributed by atoms with Gasteiger partial charge in [-0.25, -0.2) is 9.36 Å². The van der Waals surface area contributed by atoms with Gasteiger partial charge in [0.2, 0.25) is 0 Å². The molecule has 1 N–H and O–H groups in total. The summed E-state index contributed by atoms with van der Waals surface area (Å²) in [5.74, 6) is -0.663. The summed E-state index contributed by atoms with van der Waals surface area (Å²) in [4.78, 5) is 41.5. The molecule has 0 aliphatic rings. The number of methoxy groups -OCH3 is 1. The van der Waals surface area contributed by atoms with Crippen molar-refractivity contribution in [2.75, 3.05) is 7.11 Å². The molecule has 0 saturated heterocycles. The van der Waals surface area contributed by atoms with Gasteiger partial charge in [0.15, 0.2) is 0 Å². The molecule has 2 rings (SSSR count). The zero-order valence-corrected chi connectivity index (χ0v) is 9.89. The summed E-state index contributed by atoms with van der Waals surface area (Å²) in [5.41, 5.74) is -0.306. The van der Waals surface area contributed by atoms with E-state index in [0.29, 0.717) is 16.6 Å². The molecule has 0 aliphatic heterocycles. The minimum absolute atomic E-state index is 0.293. The van der Waals surface area contributed by atoms with Gasteiger partial charge < -0.3 is 9.72 Å². The van der Waals surface area contributed by atoms with Crippen LogP contribution in [0.2, 0.25) is 0 Å². The highest BCUT2D eigenvalue weighted by molar-refractivity contribution is 5.79. The van der Waals surface area contributed by atoms with E-state index in [4.69, 9.17) is 0 Å². The van der Waals surface area contributed by atoms with Crippen LogP contribution in [0.3, 0.4) is 0 Å².